The summed E-state index contributed by atoms with van der Waals surface area (Å²) in [5.41, 5.74) is 6.74. The highest BCUT2D eigenvalue weighted by molar-refractivity contribution is 8.01. The molecule has 4 N–H and O–H groups in total. The zero-order valence-corrected chi connectivity index (χ0v) is 15.6. The van der Waals surface area contributed by atoms with Crippen LogP contribution in [0.5, 0.6) is 5.88 Å². The molecule has 0 saturated heterocycles. The monoisotopic (exact) mass is 394 g/mol. The Hall–Kier alpha value is -2.66. The molecule has 3 heterocycles. The first-order valence-electron chi connectivity index (χ1n) is 7.34. The Morgan fingerprint density at radius 2 is 2.12 bits per heavy atom. The first-order chi connectivity index (χ1) is 12.3. The molecule has 0 unspecified atom stereocenters. The highest BCUT2D eigenvalue weighted by atomic mass is 35.5. The Morgan fingerprint density at radius 3 is 2.85 bits per heavy atom. The predicted molar refractivity (Wildman–Crippen MR) is 98.3 cm³/mol. The number of H-pyrrole nitrogens is 1. The molecule has 3 aromatic rings. The van der Waals surface area contributed by atoms with E-state index in [1.807, 2.05) is 0 Å². The number of methoxy groups -OCH3 is 1. The summed E-state index contributed by atoms with van der Waals surface area (Å²) < 4.78 is 4.08. The summed E-state index contributed by atoms with van der Waals surface area (Å²) >= 11 is 7.10. The number of halogens is 1. The van der Waals surface area contributed by atoms with E-state index in [1.54, 1.807) is 13.8 Å². The Kier molecular flexibility index (Phi) is 4.83. The lowest BCUT2D eigenvalue weighted by atomic mass is 10.2. The summed E-state index contributed by atoms with van der Waals surface area (Å²) in [6.07, 6.45) is 1.49. The molecular formula is C14H15ClN8O2S. The molecule has 0 aromatic carbocycles. The number of ether oxygens (including phenoxy) is 1. The van der Waals surface area contributed by atoms with Crippen LogP contribution in [0.4, 0.5) is 11.9 Å². The maximum absolute atomic E-state index is 12.7. The molecule has 0 aliphatic carbocycles. The molecule has 12 heteroatoms. The first kappa shape index (κ1) is 18.1. The van der Waals surface area contributed by atoms with Gasteiger partial charge in [0.15, 0.2) is 5.65 Å². The number of carbonyl (C=O) groups excluding carboxylic acids is 1. The Bertz CT molecular complexity index is 977. The fourth-order valence-electron chi connectivity index (χ4n) is 1.99. The van der Waals surface area contributed by atoms with Crippen molar-refractivity contribution in [2.24, 2.45) is 0 Å². The topological polar surface area (TPSA) is 145 Å². The average Bonchev–Trinajstić information content (AvgIpc) is 3.02. The fraction of sp³-hybridized carbons (Fsp3) is 0.286. The fourth-order valence-corrected chi connectivity index (χ4v) is 3.19. The molecule has 0 spiro atoms. The number of hydrogen-bond donors (Lipinski definition) is 3. The molecule has 136 valence electrons. The average molecular weight is 395 g/mol. The number of fused-ring (bicyclic) bond motifs is 1. The van der Waals surface area contributed by atoms with Gasteiger partial charge in [-0.1, -0.05) is 23.4 Å². The zero-order chi connectivity index (χ0) is 18.9. The van der Waals surface area contributed by atoms with E-state index in [-0.39, 0.29) is 28.8 Å². The number of rotatable bonds is 5. The van der Waals surface area contributed by atoms with Crippen molar-refractivity contribution >= 4 is 52.3 Å². The molecule has 0 radical (unpaired) electrons. The standard InChI is InChI=1S/C14H15ClN8O2S/c1-14(2,11(24)23-13-19-6(15)4-7(20-13)25-3)26-10-8-9(18-5-17-8)21-12(16)22-10/h4-5H,1-3H3,(H,19,20,23,24)(H3,16,17,18,21,22). The zero-order valence-electron chi connectivity index (χ0n) is 14.1. The minimum Gasteiger partial charge on any atom is -0.481 e. The summed E-state index contributed by atoms with van der Waals surface area (Å²) in [5, 5.41) is 3.29. The van der Waals surface area contributed by atoms with E-state index in [9.17, 15) is 4.79 Å². The highest BCUT2D eigenvalue weighted by Gasteiger charge is 2.32. The van der Waals surface area contributed by atoms with Crippen molar-refractivity contribution in [3.8, 4) is 5.88 Å². The Morgan fingerprint density at radius 1 is 1.35 bits per heavy atom. The summed E-state index contributed by atoms with van der Waals surface area (Å²) in [5.74, 6) is 0.0123. The van der Waals surface area contributed by atoms with Gasteiger partial charge in [0.05, 0.1) is 18.2 Å². The molecule has 26 heavy (non-hydrogen) atoms. The number of aromatic nitrogens is 6. The van der Waals surface area contributed by atoms with Gasteiger partial charge in [0.2, 0.25) is 23.7 Å². The number of carbonyl (C=O) groups is 1. The lowest BCUT2D eigenvalue weighted by molar-refractivity contribution is -0.117. The Balaban J connectivity index is 1.84. The quantitative estimate of drug-likeness (QED) is 0.436. The summed E-state index contributed by atoms with van der Waals surface area (Å²) in [6, 6.07) is 1.44. The normalized spacial score (nSPS) is 11.5. The summed E-state index contributed by atoms with van der Waals surface area (Å²) in [7, 11) is 1.44. The second-order valence-electron chi connectivity index (χ2n) is 5.61. The van der Waals surface area contributed by atoms with E-state index in [1.165, 1.54) is 31.3 Å². The molecule has 10 nitrogen and oxygen atoms in total. The van der Waals surface area contributed by atoms with E-state index in [0.717, 1.165) is 0 Å². The van der Waals surface area contributed by atoms with Crippen LogP contribution in [-0.2, 0) is 4.79 Å². The number of nitrogen functional groups attached to an aromatic ring is 1. The number of anilines is 2. The van der Waals surface area contributed by atoms with Crippen molar-refractivity contribution < 1.29 is 9.53 Å². The molecule has 0 bridgehead atoms. The molecule has 1 amide bonds. The van der Waals surface area contributed by atoms with Gasteiger partial charge in [-0.15, -0.1) is 0 Å². The highest BCUT2D eigenvalue weighted by Crippen LogP contribution is 2.35. The number of nitrogens with zero attached hydrogens (tertiary/aromatic N) is 5. The molecule has 3 rings (SSSR count). The van der Waals surface area contributed by atoms with Gasteiger partial charge >= 0.3 is 0 Å². The van der Waals surface area contributed by atoms with E-state index >= 15 is 0 Å². The van der Waals surface area contributed by atoms with Gasteiger partial charge in [0, 0.05) is 6.07 Å². The van der Waals surface area contributed by atoms with Gasteiger partial charge in [-0.05, 0) is 13.8 Å². The van der Waals surface area contributed by atoms with Crippen molar-refractivity contribution in [1.82, 2.24) is 29.9 Å². The van der Waals surface area contributed by atoms with Crippen LogP contribution in [0.2, 0.25) is 5.15 Å². The Labute approximate surface area is 157 Å². The van der Waals surface area contributed by atoms with E-state index in [2.05, 4.69) is 35.2 Å². The number of hydrogen-bond acceptors (Lipinski definition) is 9. The number of aromatic amines is 1. The predicted octanol–water partition coefficient (Wildman–Crippen LogP) is 1.90. The van der Waals surface area contributed by atoms with Crippen molar-refractivity contribution in [3.05, 3.63) is 17.5 Å². The van der Waals surface area contributed by atoms with Gasteiger partial charge in [0.1, 0.15) is 15.7 Å². The molecule has 0 fully saturated rings. The molecule has 0 aliphatic rings. The van der Waals surface area contributed by atoms with Crippen LogP contribution in [0.3, 0.4) is 0 Å². The van der Waals surface area contributed by atoms with Crippen LogP contribution in [0.15, 0.2) is 17.4 Å². The van der Waals surface area contributed by atoms with Gasteiger partial charge < -0.3 is 15.5 Å². The number of imidazole rings is 1. The van der Waals surface area contributed by atoms with Crippen molar-refractivity contribution in [3.63, 3.8) is 0 Å². The van der Waals surface area contributed by atoms with Crippen LogP contribution >= 0.6 is 23.4 Å². The van der Waals surface area contributed by atoms with Crippen molar-refractivity contribution in [2.75, 3.05) is 18.2 Å². The second kappa shape index (κ2) is 6.92. The third-order valence-electron chi connectivity index (χ3n) is 3.27. The SMILES string of the molecule is COc1cc(Cl)nc(NC(=O)C(C)(C)Sc2nc(N)nc3nc[nH]c23)n1. The third-order valence-corrected chi connectivity index (χ3v) is 4.65. The van der Waals surface area contributed by atoms with Gasteiger partial charge in [-0.2, -0.15) is 9.97 Å². The third kappa shape index (κ3) is 3.78. The molecule has 0 aliphatic heterocycles. The number of nitrogens with two attached hydrogens (primary N) is 1. The molecule has 3 aromatic heterocycles. The smallest absolute Gasteiger partial charge is 0.242 e. The molecular weight excluding hydrogens is 380 g/mol. The minimum absolute atomic E-state index is 0.0434. The first-order valence-corrected chi connectivity index (χ1v) is 8.53. The molecule has 0 atom stereocenters. The van der Waals surface area contributed by atoms with Crippen LogP contribution in [0, 0.1) is 0 Å². The number of thioether (sulfide) groups is 1. The molecule has 0 saturated carbocycles. The summed E-state index contributed by atoms with van der Waals surface area (Å²) in [4.78, 5) is 36.0. The summed E-state index contributed by atoms with van der Waals surface area (Å²) in [6.45, 7) is 3.46. The maximum atomic E-state index is 12.7. The number of nitrogens with one attached hydrogen (secondary N) is 2. The van der Waals surface area contributed by atoms with Gasteiger partial charge in [-0.3, -0.25) is 10.1 Å². The van der Waals surface area contributed by atoms with E-state index in [4.69, 9.17) is 22.1 Å². The van der Waals surface area contributed by atoms with E-state index < -0.39 is 4.75 Å². The van der Waals surface area contributed by atoms with E-state index in [0.29, 0.717) is 16.2 Å². The maximum Gasteiger partial charge on any atom is 0.242 e. The van der Waals surface area contributed by atoms with Gasteiger partial charge in [-0.25, -0.2) is 15.0 Å². The van der Waals surface area contributed by atoms with Crippen LogP contribution in [0.25, 0.3) is 11.2 Å². The largest absolute Gasteiger partial charge is 0.481 e. The van der Waals surface area contributed by atoms with Crippen LogP contribution in [-0.4, -0.2) is 47.7 Å². The van der Waals surface area contributed by atoms with Crippen molar-refractivity contribution in [2.45, 2.75) is 23.6 Å². The van der Waals surface area contributed by atoms with Crippen molar-refractivity contribution in [1.29, 1.82) is 0 Å². The van der Waals surface area contributed by atoms with Gasteiger partial charge in [0.25, 0.3) is 0 Å². The second-order valence-corrected chi connectivity index (χ2v) is 7.61. The number of amides is 1. The lowest BCUT2D eigenvalue weighted by Crippen LogP contribution is -2.34. The lowest BCUT2D eigenvalue weighted by Gasteiger charge is -2.22. The van der Waals surface area contributed by atoms with Crippen LogP contribution in [0.1, 0.15) is 13.8 Å². The minimum atomic E-state index is -0.933. The van der Waals surface area contributed by atoms with Crippen LogP contribution < -0.4 is 15.8 Å².